The number of nitrogens with zero attached hydrogens (tertiary/aromatic N) is 1. The van der Waals surface area contributed by atoms with E-state index in [-0.39, 0.29) is 28.0 Å². The summed E-state index contributed by atoms with van der Waals surface area (Å²) in [5.41, 5.74) is 5.95. The van der Waals surface area contributed by atoms with E-state index in [1.165, 1.54) is 12.1 Å². The van der Waals surface area contributed by atoms with Crippen LogP contribution in [0.2, 0.25) is 10.0 Å². The molecule has 0 atom stereocenters. The highest BCUT2D eigenvalue weighted by molar-refractivity contribution is 7.80. The smallest absolute Gasteiger partial charge is 0.258 e. The Morgan fingerprint density at radius 2 is 1.96 bits per heavy atom. The van der Waals surface area contributed by atoms with Crippen molar-refractivity contribution in [3.8, 4) is 0 Å². The zero-order valence-corrected chi connectivity index (χ0v) is 14.9. The Morgan fingerprint density at radius 3 is 2.58 bits per heavy atom. The normalized spacial score (nSPS) is 10.1. The molecule has 0 aliphatic carbocycles. The highest BCUT2D eigenvalue weighted by Gasteiger charge is 2.13. The van der Waals surface area contributed by atoms with Gasteiger partial charge in [-0.3, -0.25) is 25.8 Å². The van der Waals surface area contributed by atoms with Gasteiger partial charge in [-0.15, -0.1) is 0 Å². The standard InChI is InChI=1S/C15H14Cl2N4O2S/c1-21-6-2-3-10(21)8-13(22)19-20-15(24)18-14(23)11-5-4-9(16)7-12(11)17/h2-7H,8H2,1H3,(H,19,22)(H2,18,20,23,24). The fourth-order valence-electron chi connectivity index (χ4n) is 1.89. The van der Waals surface area contributed by atoms with Crippen LogP contribution in [0.4, 0.5) is 0 Å². The van der Waals surface area contributed by atoms with Gasteiger partial charge in [-0.05, 0) is 42.5 Å². The van der Waals surface area contributed by atoms with Crippen molar-refractivity contribution in [2.75, 3.05) is 0 Å². The molecule has 1 aromatic heterocycles. The number of carbonyl (C=O) groups is 2. The van der Waals surface area contributed by atoms with Crippen LogP contribution in [0.1, 0.15) is 16.1 Å². The average molecular weight is 385 g/mol. The zero-order valence-electron chi connectivity index (χ0n) is 12.6. The number of nitrogens with one attached hydrogen (secondary N) is 3. The predicted molar refractivity (Wildman–Crippen MR) is 96.9 cm³/mol. The van der Waals surface area contributed by atoms with Crippen LogP contribution in [0.15, 0.2) is 36.5 Å². The molecule has 0 unspecified atom stereocenters. The maximum Gasteiger partial charge on any atom is 0.258 e. The second-order valence-corrected chi connectivity index (χ2v) is 6.12. The topological polar surface area (TPSA) is 75.2 Å². The van der Waals surface area contributed by atoms with Crippen LogP contribution in [0.5, 0.6) is 0 Å². The van der Waals surface area contributed by atoms with Gasteiger partial charge in [-0.25, -0.2) is 0 Å². The summed E-state index contributed by atoms with van der Waals surface area (Å²) in [6.45, 7) is 0. The Kier molecular flexibility index (Phi) is 6.19. The van der Waals surface area contributed by atoms with Crippen molar-refractivity contribution in [3.63, 3.8) is 0 Å². The summed E-state index contributed by atoms with van der Waals surface area (Å²) < 4.78 is 1.84. The van der Waals surface area contributed by atoms with E-state index >= 15 is 0 Å². The lowest BCUT2D eigenvalue weighted by atomic mass is 10.2. The quantitative estimate of drug-likeness (QED) is 0.560. The lowest BCUT2D eigenvalue weighted by Crippen LogP contribution is -2.49. The average Bonchev–Trinajstić information content (AvgIpc) is 2.90. The van der Waals surface area contributed by atoms with E-state index in [0.29, 0.717) is 5.02 Å². The summed E-state index contributed by atoms with van der Waals surface area (Å²) in [7, 11) is 1.84. The summed E-state index contributed by atoms with van der Waals surface area (Å²) in [4.78, 5) is 23.9. The highest BCUT2D eigenvalue weighted by atomic mass is 35.5. The molecule has 2 amide bonds. The fraction of sp³-hybridized carbons (Fsp3) is 0.133. The summed E-state index contributed by atoms with van der Waals surface area (Å²) in [6.07, 6.45) is 2.02. The van der Waals surface area contributed by atoms with Gasteiger partial charge in [0.25, 0.3) is 5.91 Å². The number of aryl methyl sites for hydroxylation is 1. The minimum Gasteiger partial charge on any atom is -0.354 e. The summed E-state index contributed by atoms with van der Waals surface area (Å²) in [5, 5.41) is 2.99. The first-order valence-corrected chi connectivity index (χ1v) is 7.98. The van der Waals surface area contributed by atoms with Crippen molar-refractivity contribution >= 4 is 52.3 Å². The van der Waals surface area contributed by atoms with Gasteiger partial charge in [0.2, 0.25) is 5.91 Å². The van der Waals surface area contributed by atoms with Crippen molar-refractivity contribution < 1.29 is 9.59 Å². The molecule has 2 rings (SSSR count). The number of rotatable bonds is 3. The summed E-state index contributed by atoms with van der Waals surface area (Å²) >= 11 is 16.7. The van der Waals surface area contributed by atoms with Crippen molar-refractivity contribution in [2.24, 2.45) is 7.05 Å². The number of hydrogen-bond acceptors (Lipinski definition) is 3. The molecule has 126 valence electrons. The molecule has 0 fully saturated rings. The first kappa shape index (κ1) is 18.3. The second-order valence-electron chi connectivity index (χ2n) is 4.87. The Morgan fingerprint density at radius 1 is 1.21 bits per heavy atom. The Bertz CT molecular complexity index is 792. The van der Waals surface area contributed by atoms with E-state index in [9.17, 15) is 9.59 Å². The Hall–Kier alpha value is -2.09. The second kappa shape index (κ2) is 8.14. The van der Waals surface area contributed by atoms with E-state index in [4.69, 9.17) is 35.4 Å². The molecule has 1 aromatic carbocycles. The molecule has 0 saturated carbocycles. The number of aromatic nitrogens is 1. The van der Waals surface area contributed by atoms with Crippen LogP contribution >= 0.6 is 35.4 Å². The maximum absolute atomic E-state index is 12.1. The molecule has 0 aliphatic rings. The van der Waals surface area contributed by atoms with Crippen LogP contribution in [-0.2, 0) is 18.3 Å². The van der Waals surface area contributed by atoms with Crippen LogP contribution < -0.4 is 16.2 Å². The molecule has 0 aliphatic heterocycles. The molecule has 6 nitrogen and oxygen atoms in total. The molecule has 3 N–H and O–H groups in total. The Balaban J connectivity index is 1.83. The number of carbonyl (C=O) groups excluding carboxylic acids is 2. The number of halogens is 2. The number of hydrazine groups is 1. The highest BCUT2D eigenvalue weighted by Crippen LogP contribution is 2.20. The first-order chi connectivity index (χ1) is 11.4. The number of benzene rings is 1. The van der Waals surface area contributed by atoms with E-state index in [1.807, 2.05) is 29.9 Å². The molecule has 1 heterocycles. The van der Waals surface area contributed by atoms with Gasteiger partial charge in [-0.2, -0.15) is 0 Å². The molecule has 0 radical (unpaired) electrons. The third kappa shape index (κ3) is 4.95. The van der Waals surface area contributed by atoms with Gasteiger partial charge in [0.1, 0.15) is 0 Å². The van der Waals surface area contributed by atoms with Gasteiger partial charge in [0.15, 0.2) is 5.11 Å². The van der Waals surface area contributed by atoms with Gasteiger partial charge >= 0.3 is 0 Å². The molecular formula is C15H14Cl2N4O2S. The largest absolute Gasteiger partial charge is 0.354 e. The monoisotopic (exact) mass is 384 g/mol. The molecule has 0 spiro atoms. The summed E-state index contributed by atoms with van der Waals surface area (Å²) in [6, 6.07) is 8.16. The first-order valence-electron chi connectivity index (χ1n) is 6.82. The lowest BCUT2D eigenvalue weighted by molar-refractivity contribution is -0.121. The maximum atomic E-state index is 12.1. The minimum absolute atomic E-state index is 0.0498. The van der Waals surface area contributed by atoms with Gasteiger partial charge < -0.3 is 4.57 Å². The number of thiocarbonyl (C=S) groups is 1. The van der Waals surface area contributed by atoms with Crippen LogP contribution in [0.3, 0.4) is 0 Å². The third-order valence-electron chi connectivity index (χ3n) is 3.11. The van der Waals surface area contributed by atoms with E-state index < -0.39 is 5.91 Å². The number of amides is 2. The van der Waals surface area contributed by atoms with Gasteiger partial charge in [-0.1, -0.05) is 23.2 Å². The number of hydrogen-bond donors (Lipinski definition) is 3. The molecule has 0 saturated heterocycles. The van der Waals surface area contributed by atoms with E-state index in [2.05, 4.69) is 16.2 Å². The Labute approximate surface area is 154 Å². The van der Waals surface area contributed by atoms with E-state index in [0.717, 1.165) is 5.69 Å². The van der Waals surface area contributed by atoms with Crippen LogP contribution in [-0.4, -0.2) is 21.5 Å². The van der Waals surface area contributed by atoms with E-state index in [1.54, 1.807) is 6.07 Å². The lowest BCUT2D eigenvalue weighted by Gasteiger charge is -2.11. The SMILES string of the molecule is Cn1cccc1CC(=O)NNC(=S)NC(=O)c1ccc(Cl)cc1Cl. The van der Waals surface area contributed by atoms with Gasteiger partial charge in [0, 0.05) is 24.0 Å². The molecule has 2 aromatic rings. The molecule has 9 heteroatoms. The molecule has 0 bridgehead atoms. The third-order valence-corrected chi connectivity index (χ3v) is 3.86. The predicted octanol–water partition coefficient (Wildman–Crippen LogP) is 2.21. The minimum atomic E-state index is -0.508. The van der Waals surface area contributed by atoms with Crippen molar-refractivity contribution in [1.29, 1.82) is 0 Å². The fourth-order valence-corrected chi connectivity index (χ4v) is 2.53. The molecule has 24 heavy (non-hydrogen) atoms. The van der Waals surface area contributed by atoms with Crippen molar-refractivity contribution in [1.82, 2.24) is 20.7 Å². The molecular weight excluding hydrogens is 371 g/mol. The van der Waals surface area contributed by atoms with Crippen molar-refractivity contribution in [2.45, 2.75) is 6.42 Å². The van der Waals surface area contributed by atoms with Crippen molar-refractivity contribution in [3.05, 3.63) is 57.8 Å². The van der Waals surface area contributed by atoms with Crippen LogP contribution in [0.25, 0.3) is 0 Å². The van der Waals surface area contributed by atoms with Crippen LogP contribution in [0, 0.1) is 0 Å². The summed E-state index contributed by atoms with van der Waals surface area (Å²) in [5.74, 6) is -0.802. The van der Waals surface area contributed by atoms with Gasteiger partial charge in [0.05, 0.1) is 17.0 Å². The zero-order chi connectivity index (χ0) is 17.7.